The molecule has 4 heteroatoms. The van der Waals surface area contributed by atoms with Crippen molar-refractivity contribution in [1.29, 1.82) is 0 Å². The van der Waals surface area contributed by atoms with Crippen molar-refractivity contribution in [2.45, 2.75) is 93.1 Å². The van der Waals surface area contributed by atoms with Gasteiger partial charge in [-0.25, -0.2) is 0 Å². The standard InChI is InChI=1S/C21H38O4/c1-10-20(8,9)25-17(22)13-12-14-24-18(23)21(11-2,16(3)4)15-19(5,6)7/h3,10-15H2,1-2,4-9H3. The van der Waals surface area contributed by atoms with Crippen LogP contribution in [0.1, 0.15) is 87.5 Å². The molecule has 0 spiro atoms. The average molecular weight is 355 g/mol. The molecular weight excluding hydrogens is 316 g/mol. The molecule has 0 aliphatic carbocycles. The van der Waals surface area contributed by atoms with E-state index in [9.17, 15) is 9.59 Å². The predicted octanol–water partition coefficient (Wildman–Crippen LogP) is 5.45. The number of ether oxygens (including phenoxy) is 2. The van der Waals surface area contributed by atoms with Gasteiger partial charge in [0.2, 0.25) is 0 Å². The van der Waals surface area contributed by atoms with Crippen molar-refractivity contribution >= 4 is 11.9 Å². The lowest BCUT2D eigenvalue weighted by Gasteiger charge is -2.36. The van der Waals surface area contributed by atoms with Crippen LogP contribution >= 0.6 is 0 Å². The minimum atomic E-state index is -0.664. The molecule has 0 saturated heterocycles. The van der Waals surface area contributed by atoms with Gasteiger partial charge in [0.15, 0.2) is 0 Å². The quantitative estimate of drug-likeness (QED) is 0.297. The van der Waals surface area contributed by atoms with E-state index in [0.717, 1.165) is 12.0 Å². The van der Waals surface area contributed by atoms with Crippen molar-refractivity contribution < 1.29 is 19.1 Å². The maximum atomic E-state index is 12.7. The van der Waals surface area contributed by atoms with Gasteiger partial charge in [-0.2, -0.15) is 0 Å². The Hall–Kier alpha value is -1.32. The van der Waals surface area contributed by atoms with E-state index in [1.165, 1.54) is 0 Å². The van der Waals surface area contributed by atoms with Crippen molar-refractivity contribution in [3.8, 4) is 0 Å². The molecule has 1 unspecified atom stereocenters. The summed E-state index contributed by atoms with van der Waals surface area (Å²) in [5, 5.41) is 0. The SMILES string of the molecule is C=C(C)C(CC)(CC(C)(C)C)C(=O)OCCCC(=O)OC(C)(C)CC. The fraction of sp³-hybridized carbons (Fsp3) is 0.810. The number of hydrogen-bond donors (Lipinski definition) is 0. The minimum absolute atomic E-state index is 0.0104. The van der Waals surface area contributed by atoms with Crippen LogP contribution in [0.25, 0.3) is 0 Å². The van der Waals surface area contributed by atoms with Crippen LogP contribution in [-0.2, 0) is 19.1 Å². The lowest BCUT2D eigenvalue weighted by molar-refractivity contribution is -0.160. The van der Waals surface area contributed by atoms with Gasteiger partial charge in [0.1, 0.15) is 5.60 Å². The van der Waals surface area contributed by atoms with Gasteiger partial charge >= 0.3 is 11.9 Å². The van der Waals surface area contributed by atoms with E-state index >= 15 is 0 Å². The first kappa shape index (κ1) is 23.7. The third kappa shape index (κ3) is 8.06. The highest BCUT2D eigenvalue weighted by Gasteiger charge is 2.42. The Bertz CT molecular complexity index is 471. The van der Waals surface area contributed by atoms with Crippen LogP contribution in [0, 0.1) is 10.8 Å². The zero-order chi connectivity index (χ0) is 19.9. The molecule has 0 saturated carbocycles. The van der Waals surface area contributed by atoms with Gasteiger partial charge in [-0.05, 0) is 51.9 Å². The van der Waals surface area contributed by atoms with Crippen LogP contribution < -0.4 is 0 Å². The molecule has 0 aliphatic rings. The summed E-state index contributed by atoms with van der Waals surface area (Å²) in [6, 6.07) is 0. The summed E-state index contributed by atoms with van der Waals surface area (Å²) in [4.78, 5) is 24.6. The van der Waals surface area contributed by atoms with Crippen LogP contribution in [0.2, 0.25) is 0 Å². The molecule has 0 aromatic heterocycles. The molecule has 0 amide bonds. The first-order valence-corrected chi connectivity index (χ1v) is 9.34. The molecule has 0 aliphatic heterocycles. The van der Waals surface area contributed by atoms with E-state index in [0.29, 0.717) is 19.3 Å². The predicted molar refractivity (Wildman–Crippen MR) is 102 cm³/mol. The van der Waals surface area contributed by atoms with Gasteiger partial charge in [-0.15, -0.1) is 0 Å². The first-order chi connectivity index (χ1) is 11.3. The molecule has 0 fully saturated rings. The highest BCUT2D eigenvalue weighted by atomic mass is 16.6. The molecule has 4 nitrogen and oxygen atoms in total. The van der Waals surface area contributed by atoms with Gasteiger partial charge in [0, 0.05) is 6.42 Å². The zero-order valence-electron chi connectivity index (χ0n) is 17.6. The molecule has 0 aromatic rings. The molecule has 25 heavy (non-hydrogen) atoms. The normalized spacial score (nSPS) is 14.6. The Morgan fingerprint density at radius 1 is 1.00 bits per heavy atom. The smallest absolute Gasteiger partial charge is 0.316 e. The maximum absolute atomic E-state index is 12.7. The van der Waals surface area contributed by atoms with Gasteiger partial charge in [0.05, 0.1) is 12.0 Å². The van der Waals surface area contributed by atoms with Crippen molar-refractivity contribution in [2.75, 3.05) is 6.61 Å². The summed E-state index contributed by atoms with van der Waals surface area (Å²) in [5.41, 5.74) is -0.288. The third-order valence-electron chi connectivity index (χ3n) is 4.64. The molecule has 0 heterocycles. The monoisotopic (exact) mass is 354 g/mol. The minimum Gasteiger partial charge on any atom is -0.465 e. The highest BCUT2D eigenvalue weighted by Crippen LogP contribution is 2.42. The second-order valence-electron chi connectivity index (χ2n) is 8.78. The highest BCUT2D eigenvalue weighted by molar-refractivity contribution is 5.80. The lowest BCUT2D eigenvalue weighted by atomic mass is 9.68. The van der Waals surface area contributed by atoms with Gasteiger partial charge < -0.3 is 9.47 Å². The van der Waals surface area contributed by atoms with E-state index in [1.807, 2.05) is 34.6 Å². The second-order valence-corrected chi connectivity index (χ2v) is 8.78. The number of rotatable bonds is 10. The van der Waals surface area contributed by atoms with E-state index in [2.05, 4.69) is 27.4 Å². The van der Waals surface area contributed by atoms with Crippen LogP contribution in [0.3, 0.4) is 0 Å². The Kier molecular flexibility index (Phi) is 8.90. The molecule has 0 radical (unpaired) electrons. The van der Waals surface area contributed by atoms with E-state index in [4.69, 9.17) is 9.47 Å². The summed E-state index contributed by atoms with van der Waals surface area (Å²) in [6.45, 7) is 20.2. The summed E-state index contributed by atoms with van der Waals surface area (Å²) >= 11 is 0. The van der Waals surface area contributed by atoms with Crippen LogP contribution in [0.5, 0.6) is 0 Å². The Balaban J connectivity index is 4.64. The molecule has 0 N–H and O–H groups in total. The zero-order valence-corrected chi connectivity index (χ0v) is 17.6. The average Bonchev–Trinajstić information content (AvgIpc) is 2.47. The number of carbonyl (C=O) groups is 2. The lowest BCUT2D eigenvalue weighted by Crippen LogP contribution is -2.37. The molecule has 0 aromatic carbocycles. The van der Waals surface area contributed by atoms with Crippen LogP contribution in [0.15, 0.2) is 12.2 Å². The number of esters is 2. The molecule has 146 valence electrons. The van der Waals surface area contributed by atoms with Gasteiger partial charge in [-0.1, -0.05) is 46.8 Å². The number of hydrogen-bond acceptors (Lipinski definition) is 4. The summed E-state index contributed by atoms with van der Waals surface area (Å²) in [5.74, 6) is -0.487. The molecular formula is C21H38O4. The fourth-order valence-corrected chi connectivity index (χ4v) is 2.82. The maximum Gasteiger partial charge on any atom is 0.316 e. The molecule has 1 atom stereocenters. The number of carbonyl (C=O) groups excluding carboxylic acids is 2. The largest absolute Gasteiger partial charge is 0.465 e. The second kappa shape index (κ2) is 9.40. The topological polar surface area (TPSA) is 52.6 Å². The van der Waals surface area contributed by atoms with Crippen LogP contribution in [0.4, 0.5) is 0 Å². The van der Waals surface area contributed by atoms with Crippen molar-refractivity contribution in [3.05, 3.63) is 12.2 Å². The first-order valence-electron chi connectivity index (χ1n) is 9.34. The van der Waals surface area contributed by atoms with Crippen molar-refractivity contribution in [3.63, 3.8) is 0 Å². The molecule has 0 bridgehead atoms. The third-order valence-corrected chi connectivity index (χ3v) is 4.64. The summed E-state index contributed by atoms with van der Waals surface area (Å²) in [7, 11) is 0. The van der Waals surface area contributed by atoms with Gasteiger partial charge in [0.25, 0.3) is 0 Å². The van der Waals surface area contributed by atoms with Gasteiger partial charge in [-0.3, -0.25) is 9.59 Å². The van der Waals surface area contributed by atoms with Crippen molar-refractivity contribution in [2.24, 2.45) is 10.8 Å². The molecule has 0 rings (SSSR count). The van der Waals surface area contributed by atoms with E-state index in [1.54, 1.807) is 0 Å². The van der Waals surface area contributed by atoms with Crippen molar-refractivity contribution in [1.82, 2.24) is 0 Å². The van der Waals surface area contributed by atoms with Crippen LogP contribution in [-0.4, -0.2) is 24.1 Å². The van der Waals surface area contributed by atoms with E-state index in [-0.39, 0.29) is 30.4 Å². The Morgan fingerprint density at radius 2 is 1.56 bits per heavy atom. The fourth-order valence-electron chi connectivity index (χ4n) is 2.82. The summed E-state index contributed by atoms with van der Waals surface area (Å²) < 4.78 is 10.9. The Morgan fingerprint density at radius 3 is 1.96 bits per heavy atom. The van der Waals surface area contributed by atoms with E-state index < -0.39 is 11.0 Å². The Labute approximate surface area is 154 Å². The summed E-state index contributed by atoms with van der Waals surface area (Å²) in [6.07, 6.45) is 2.83.